The molecule has 3 unspecified atom stereocenters. The van der Waals surface area contributed by atoms with Gasteiger partial charge in [-0.3, -0.25) is 15.0 Å². The van der Waals surface area contributed by atoms with Gasteiger partial charge in [-0.25, -0.2) is 0 Å². The van der Waals surface area contributed by atoms with E-state index in [1.807, 2.05) is 12.1 Å². The highest BCUT2D eigenvalue weighted by Gasteiger charge is 2.31. The first-order valence-electron chi connectivity index (χ1n) is 11.9. The van der Waals surface area contributed by atoms with Gasteiger partial charge in [-0.15, -0.1) is 12.4 Å². The van der Waals surface area contributed by atoms with Gasteiger partial charge in [0.05, 0.1) is 20.8 Å². The molecular formula is C26H38ClN5O6. The summed E-state index contributed by atoms with van der Waals surface area (Å²) in [4.78, 5) is 26.0. The Bertz CT molecular complexity index is 1080. The minimum absolute atomic E-state index is 0. The largest absolute Gasteiger partial charge is 0.493 e. The van der Waals surface area contributed by atoms with Crippen molar-refractivity contribution in [1.29, 1.82) is 5.41 Å². The summed E-state index contributed by atoms with van der Waals surface area (Å²) in [5.41, 5.74) is 7.31. The van der Waals surface area contributed by atoms with Crippen LogP contribution in [0.1, 0.15) is 25.0 Å². The number of carbonyl (C=O) groups excluding carboxylic acids is 2. The van der Waals surface area contributed by atoms with Crippen molar-refractivity contribution in [3.63, 3.8) is 0 Å². The average Bonchev–Trinajstić information content (AvgIpc) is 2.89. The zero-order valence-electron chi connectivity index (χ0n) is 22.0. The number of methoxy groups -OCH3 is 2. The maximum absolute atomic E-state index is 13.1. The van der Waals surface area contributed by atoms with E-state index < -0.39 is 30.7 Å². The molecular weight excluding hydrogens is 514 g/mol. The van der Waals surface area contributed by atoms with Crippen LogP contribution in [0.25, 0.3) is 0 Å². The van der Waals surface area contributed by atoms with Crippen LogP contribution in [-0.4, -0.2) is 73.4 Å². The zero-order chi connectivity index (χ0) is 27.5. The van der Waals surface area contributed by atoms with Crippen molar-refractivity contribution in [3.05, 3.63) is 53.6 Å². The van der Waals surface area contributed by atoms with Crippen molar-refractivity contribution < 1.29 is 29.3 Å². The van der Waals surface area contributed by atoms with E-state index in [0.717, 1.165) is 5.56 Å². The molecule has 2 aromatic rings. The lowest BCUT2D eigenvalue weighted by atomic mass is 10.0. The predicted octanol–water partition coefficient (Wildman–Crippen LogP) is 1.04. The number of benzene rings is 2. The van der Waals surface area contributed by atoms with Crippen LogP contribution in [0.2, 0.25) is 0 Å². The summed E-state index contributed by atoms with van der Waals surface area (Å²) in [6.45, 7) is 3.23. The maximum Gasteiger partial charge on any atom is 0.245 e. The number of nitrogens with two attached hydrogens (primary N) is 1. The van der Waals surface area contributed by atoms with E-state index in [4.69, 9.17) is 20.6 Å². The fraction of sp³-hybridized carbons (Fsp3) is 0.423. The lowest BCUT2D eigenvalue weighted by molar-refractivity contribution is -0.131. The molecule has 0 fully saturated rings. The third kappa shape index (κ3) is 9.09. The molecule has 38 heavy (non-hydrogen) atoms. The number of hydrogen-bond acceptors (Lipinski definition) is 8. The molecule has 2 amide bonds. The SMILES string of the molecule is COc1ccc(CCNC(=O)C(NC(=O)C(Nc2cccc(C(=N)N)c2)C(O)CO)C(C)C)cc1OC.Cl. The van der Waals surface area contributed by atoms with E-state index in [2.05, 4.69) is 16.0 Å². The predicted molar refractivity (Wildman–Crippen MR) is 148 cm³/mol. The minimum Gasteiger partial charge on any atom is -0.493 e. The maximum atomic E-state index is 13.1. The Hall–Kier alpha value is -3.54. The number of halogens is 1. The van der Waals surface area contributed by atoms with Crippen LogP contribution in [0.4, 0.5) is 5.69 Å². The lowest BCUT2D eigenvalue weighted by Gasteiger charge is -2.27. The van der Waals surface area contributed by atoms with Crippen LogP contribution in [0.3, 0.4) is 0 Å². The second-order valence-corrected chi connectivity index (χ2v) is 8.83. The molecule has 0 aromatic heterocycles. The minimum atomic E-state index is -1.44. The molecule has 0 aliphatic heterocycles. The highest BCUT2D eigenvalue weighted by Crippen LogP contribution is 2.27. The first-order valence-corrected chi connectivity index (χ1v) is 11.9. The Morgan fingerprint density at radius 2 is 1.71 bits per heavy atom. The molecule has 0 saturated heterocycles. The lowest BCUT2D eigenvalue weighted by Crippen LogP contribution is -2.56. The Morgan fingerprint density at radius 3 is 2.29 bits per heavy atom. The normalized spacial score (nSPS) is 12.9. The van der Waals surface area contributed by atoms with Gasteiger partial charge in [0.2, 0.25) is 11.8 Å². The standard InChI is InChI=1S/C26H37N5O6.ClH/c1-15(2)22(25(34)29-11-10-16-8-9-20(36-3)21(12-16)37-4)31-26(35)23(19(33)14-32)30-18-7-5-6-17(13-18)24(27)28;/h5-9,12-13,15,19,22-23,30,32-33H,10-11,14H2,1-4H3,(H3,27,28)(H,29,34)(H,31,35);1H. The van der Waals surface area contributed by atoms with Crippen molar-refractivity contribution in [3.8, 4) is 11.5 Å². The number of anilines is 1. The van der Waals surface area contributed by atoms with Crippen LogP contribution in [0.5, 0.6) is 11.5 Å². The molecule has 0 saturated carbocycles. The van der Waals surface area contributed by atoms with Gasteiger partial charge in [0.25, 0.3) is 0 Å². The highest BCUT2D eigenvalue weighted by molar-refractivity contribution is 5.96. The Morgan fingerprint density at radius 1 is 1.03 bits per heavy atom. The molecule has 3 atom stereocenters. The van der Waals surface area contributed by atoms with Crippen molar-refractivity contribution in [2.24, 2.45) is 11.7 Å². The summed E-state index contributed by atoms with van der Waals surface area (Å²) in [7, 11) is 3.11. The number of aliphatic hydroxyl groups is 2. The molecule has 12 heteroatoms. The van der Waals surface area contributed by atoms with E-state index in [1.165, 1.54) is 0 Å². The number of amides is 2. The van der Waals surface area contributed by atoms with E-state index in [-0.39, 0.29) is 30.1 Å². The van der Waals surface area contributed by atoms with Gasteiger partial charge in [-0.2, -0.15) is 0 Å². The van der Waals surface area contributed by atoms with Gasteiger partial charge in [-0.05, 0) is 42.2 Å². The van der Waals surface area contributed by atoms with Gasteiger partial charge >= 0.3 is 0 Å². The molecule has 0 aliphatic carbocycles. The average molecular weight is 552 g/mol. The second-order valence-electron chi connectivity index (χ2n) is 8.83. The molecule has 0 aliphatic rings. The van der Waals surface area contributed by atoms with E-state index in [0.29, 0.717) is 35.7 Å². The van der Waals surface area contributed by atoms with Crippen LogP contribution in [0.15, 0.2) is 42.5 Å². The first-order chi connectivity index (χ1) is 17.6. The molecule has 0 bridgehead atoms. The molecule has 0 spiro atoms. The highest BCUT2D eigenvalue weighted by atomic mass is 35.5. The molecule has 0 radical (unpaired) electrons. The van der Waals surface area contributed by atoms with Crippen molar-refractivity contribution >= 4 is 35.7 Å². The summed E-state index contributed by atoms with van der Waals surface area (Å²) in [5, 5.41) is 35.8. The molecule has 210 valence electrons. The second kappa shape index (κ2) is 15.7. The number of nitrogens with one attached hydrogen (secondary N) is 4. The van der Waals surface area contributed by atoms with E-state index in [9.17, 15) is 19.8 Å². The third-order valence-corrected chi connectivity index (χ3v) is 5.76. The third-order valence-electron chi connectivity index (χ3n) is 5.76. The number of amidine groups is 1. The number of aliphatic hydroxyl groups excluding tert-OH is 2. The number of ether oxygens (including phenoxy) is 2. The number of hydrogen-bond donors (Lipinski definition) is 7. The van der Waals surface area contributed by atoms with Crippen molar-refractivity contribution in [2.75, 3.05) is 32.7 Å². The fourth-order valence-electron chi connectivity index (χ4n) is 3.65. The molecule has 8 N–H and O–H groups in total. The van der Waals surface area contributed by atoms with Gasteiger partial charge < -0.3 is 41.4 Å². The van der Waals surface area contributed by atoms with Gasteiger partial charge in [0.15, 0.2) is 11.5 Å². The van der Waals surface area contributed by atoms with Crippen LogP contribution in [-0.2, 0) is 16.0 Å². The monoisotopic (exact) mass is 551 g/mol. The number of carbonyl (C=O) groups is 2. The smallest absolute Gasteiger partial charge is 0.245 e. The van der Waals surface area contributed by atoms with Gasteiger partial charge in [0.1, 0.15) is 24.0 Å². The Labute approximate surface area is 229 Å². The van der Waals surface area contributed by atoms with E-state index in [1.54, 1.807) is 58.4 Å². The quantitative estimate of drug-likeness (QED) is 0.134. The first kappa shape index (κ1) is 32.5. The molecule has 11 nitrogen and oxygen atoms in total. The van der Waals surface area contributed by atoms with Crippen LogP contribution >= 0.6 is 12.4 Å². The van der Waals surface area contributed by atoms with Crippen LogP contribution < -0.4 is 31.2 Å². The van der Waals surface area contributed by atoms with Gasteiger partial charge in [0, 0.05) is 17.8 Å². The van der Waals surface area contributed by atoms with E-state index >= 15 is 0 Å². The summed E-state index contributed by atoms with van der Waals surface area (Å²) in [6, 6.07) is 9.83. The van der Waals surface area contributed by atoms with Crippen molar-refractivity contribution in [1.82, 2.24) is 10.6 Å². The fourth-order valence-corrected chi connectivity index (χ4v) is 3.65. The summed E-state index contributed by atoms with van der Waals surface area (Å²) >= 11 is 0. The van der Waals surface area contributed by atoms with Crippen molar-refractivity contribution in [2.45, 2.75) is 38.5 Å². The number of nitrogen functional groups attached to an aromatic ring is 1. The summed E-state index contributed by atoms with van der Waals surface area (Å²) in [6.07, 6.45) is -0.910. The topological polar surface area (TPSA) is 179 Å². The van der Waals surface area contributed by atoms with Gasteiger partial charge in [-0.1, -0.05) is 32.0 Å². The number of rotatable bonds is 14. The molecule has 2 rings (SSSR count). The summed E-state index contributed by atoms with van der Waals surface area (Å²) in [5.74, 6) is -0.245. The Kier molecular flexibility index (Phi) is 13.4. The molecule has 0 heterocycles. The van der Waals surface area contributed by atoms with Crippen LogP contribution in [0, 0.1) is 11.3 Å². The summed E-state index contributed by atoms with van der Waals surface area (Å²) < 4.78 is 10.5. The zero-order valence-corrected chi connectivity index (χ0v) is 22.8. The Balaban J connectivity index is 0.00000722. The molecule has 2 aromatic carbocycles.